The molecule has 0 amide bonds. The highest BCUT2D eigenvalue weighted by Crippen LogP contribution is 2.68. The third-order valence-electron chi connectivity index (χ3n) is 11.4. The van der Waals surface area contributed by atoms with Crippen LogP contribution in [0.4, 0.5) is 10.1 Å². The van der Waals surface area contributed by atoms with Gasteiger partial charge in [-0.3, -0.25) is 10.1 Å². The summed E-state index contributed by atoms with van der Waals surface area (Å²) >= 11 is 4.26. The van der Waals surface area contributed by atoms with Crippen molar-refractivity contribution in [3.8, 4) is 0 Å². The van der Waals surface area contributed by atoms with E-state index in [2.05, 4.69) is 32.2 Å². The molecule has 46 heavy (non-hydrogen) atoms. The van der Waals surface area contributed by atoms with E-state index < -0.39 is 33.6 Å². The summed E-state index contributed by atoms with van der Waals surface area (Å²) in [5.41, 5.74) is 1.56. The zero-order chi connectivity index (χ0) is 32.9. The third kappa shape index (κ3) is 5.23. The highest BCUT2D eigenvalue weighted by Gasteiger charge is 2.70. The predicted octanol–water partition coefficient (Wildman–Crippen LogP) is 5.82. The summed E-state index contributed by atoms with van der Waals surface area (Å²) in [5.74, 6) is -1.01. The molecule has 0 spiro atoms. The van der Waals surface area contributed by atoms with E-state index in [0.717, 1.165) is 29.8 Å². The lowest BCUT2D eigenvalue weighted by atomic mass is 9.45. The van der Waals surface area contributed by atoms with Crippen LogP contribution >= 0.6 is 12.6 Å². The van der Waals surface area contributed by atoms with Crippen LogP contribution in [-0.2, 0) is 20.9 Å². The molecule has 8 nitrogen and oxygen atoms in total. The third-order valence-corrected chi connectivity index (χ3v) is 11.8. The summed E-state index contributed by atoms with van der Waals surface area (Å²) in [4.78, 5) is 26.4. The Hall–Kier alpha value is -3.31. The summed E-state index contributed by atoms with van der Waals surface area (Å²) in [7, 11) is 0. The van der Waals surface area contributed by atoms with E-state index in [1.54, 1.807) is 24.3 Å². The number of furan rings is 1. The van der Waals surface area contributed by atoms with Crippen LogP contribution in [0.3, 0.4) is 0 Å². The van der Waals surface area contributed by atoms with Crippen molar-refractivity contribution in [3.05, 3.63) is 89.3 Å². The summed E-state index contributed by atoms with van der Waals surface area (Å²) in [6, 6.07) is 8.04. The number of fused-ring (bicyclic) bond motifs is 5. The van der Waals surface area contributed by atoms with Gasteiger partial charge >= 0.3 is 5.97 Å². The number of hydrogen-bond donors (Lipinski definition) is 4. The smallest absolute Gasteiger partial charge is 0.375 e. The monoisotopic (exact) mass is 649 g/mol. The number of ether oxygens (including phenoxy) is 2. The molecule has 6 rings (SSSR count). The number of allylic oxidation sites excluding steroid dienone is 3. The maximum absolute atomic E-state index is 14.5. The number of esters is 1. The van der Waals surface area contributed by atoms with E-state index in [0.29, 0.717) is 31.4 Å². The Balaban J connectivity index is 1.27. The normalized spacial score (nSPS) is 33.4. The molecule has 4 aliphatic carbocycles. The van der Waals surface area contributed by atoms with E-state index in [1.165, 1.54) is 30.2 Å². The molecule has 3 saturated carbocycles. The van der Waals surface area contributed by atoms with Crippen molar-refractivity contribution in [2.75, 3.05) is 6.61 Å². The Morgan fingerprint density at radius 3 is 2.78 bits per heavy atom. The van der Waals surface area contributed by atoms with Gasteiger partial charge in [0.1, 0.15) is 17.2 Å². The standard InChI is InChI=1S/C36H41FN2O6S/c1-4-13-43-20-21-15-24(8-10-27(21)37)39-28-16-23-7-9-25-26-11-12-36(33(42)46,45-32(41)30-6-5-14-44-30)35(26,3)18-29(40)31(25)34(23,2)17-22(28)19-38/h4-6,8,10,14-16,19,25-26,29,31,38-40H,1,7,9,11-13,17-18,20H2,2-3H3,(H,42,46)/p+1/t25-,26?,29-,31?,34-,35-,36-/m0/s1. The van der Waals surface area contributed by atoms with Crippen LogP contribution in [0.25, 0.3) is 0 Å². The van der Waals surface area contributed by atoms with Crippen molar-refractivity contribution in [2.45, 2.75) is 70.7 Å². The molecule has 1 aromatic heterocycles. The average molecular weight is 650 g/mol. The van der Waals surface area contributed by atoms with E-state index in [1.807, 2.05) is 12.2 Å². The van der Waals surface area contributed by atoms with E-state index >= 15 is 0 Å². The molecule has 2 unspecified atom stereocenters. The van der Waals surface area contributed by atoms with Gasteiger partial charge in [0.05, 0.1) is 25.6 Å². The van der Waals surface area contributed by atoms with Crippen LogP contribution in [0.1, 0.15) is 68.5 Å². The molecule has 0 bridgehead atoms. The first-order chi connectivity index (χ1) is 22.0. The van der Waals surface area contributed by atoms with Gasteiger partial charge in [0, 0.05) is 34.9 Å². The number of aliphatic hydroxyl groups excluding tert-OH is 1. The van der Waals surface area contributed by atoms with Gasteiger partial charge in [-0.25, -0.2) is 9.18 Å². The Bertz CT molecular complexity index is 1620. The molecule has 4 aliphatic rings. The maximum Gasteiger partial charge on any atom is 0.375 e. The van der Waals surface area contributed by atoms with Crippen molar-refractivity contribution in [2.24, 2.45) is 28.6 Å². The number of benzene rings is 1. The number of nitrogens with one attached hydrogen (secondary N) is 1. The average Bonchev–Trinajstić information content (AvgIpc) is 3.66. The summed E-state index contributed by atoms with van der Waals surface area (Å²) in [6.07, 6.45) is 9.28. The molecule has 2 aromatic rings. The molecule has 7 atom stereocenters. The first-order valence-corrected chi connectivity index (χ1v) is 16.4. The van der Waals surface area contributed by atoms with Crippen molar-refractivity contribution in [3.63, 3.8) is 0 Å². The number of thiol groups is 1. The van der Waals surface area contributed by atoms with Crippen LogP contribution in [0.15, 0.2) is 76.6 Å². The number of aliphatic hydroxyl groups is 1. The zero-order valence-corrected chi connectivity index (χ0v) is 27.2. The van der Waals surface area contributed by atoms with Crippen LogP contribution in [0, 0.1) is 39.8 Å². The van der Waals surface area contributed by atoms with Gasteiger partial charge in [0.15, 0.2) is 5.60 Å². The fraction of sp³-hybridized carbons (Fsp3) is 0.472. The topological polar surface area (TPSA) is 126 Å². The molecule has 244 valence electrons. The van der Waals surface area contributed by atoms with E-state index in [4.69, 9.17) is 19.3 Å². The van der Waals surface area contributed by atoms with Crippen molar-refractivity contribution in [1.82, 2.24) is 0 Å². The molecule has 0 saturated heterocycles. The van der Waals surface area contributed by atoms with E-state index in [9.17, 15) is 19.1 Å². The lowest BCUT2D eigenvalue weighted by Gasteiger charge is -2.60. The predicted molar refractivity (Wildman–Crippen MR) is 173 cm³/mol. The van der Waals surface area contributed by atoms with Crippen molar-refractivity contribution < 1.29 is 38.3 Å². The second kappa shape index (κ2) is 12.4. The molecule has 10 heteroatoms. The minimum absolute atomic E-state index is 0.0221. The molecular weight excluding hydrogens is 607 g/mol. The van der Waals surface area contributed by atoms with Gasteiger partial charge in [0.25, 0.3) is 0 Å². The van der Waals surface area contributed by atoms with Crippen LogP contribution < -0.4 is 5.32 Å². The van der Waals surface area contributed by atoms with Gasteiger partial charge in [-0.1, -0.05) is 25.5 Å². The lowest BCUT2D eigenvalue weighted by molar-refractivity contribution is -0.513. The quantitative estimate of drug-likeness (QED) is 0.0643. The summed E-state index contributed by atoms with van der Waals surface area (Å²) in [6.45, 7) is 8.26. The molecule has 1 aromatic carbocycles. The molecule has 3 fully saturated rings. The fourth-order valence-electron chi connectivity index (χ4n) is 9.37. The van der Waals surface area contributed by atoms with E-state index in [-0.39, 0.29) is 42.4 Å². The van der Waals surface area contributed by atoms with Crippen LogP contribution in [0.2, 0.25) is 0 Å². The van der Waals surface area contributed by atoms with Crippen LogP contribution in [-0.4, -0.2) is 40.7 Å². The minimum Gasteiger partial charge on any atom is -0.457 e. The molecule has 0 radical (unpaired) electrons. The molecule has 0 aliphatic heterocycles. The Morgan fingerprint density at radius 2 is 2.09 bits per heavy atom. The molecule has 1 heterocycles. The Labute approximate surface area is 274 Å². The number of quaternary nitrogens is 1. The second-order valence-electron chi connectivity index (χ2n) is 13.7. The SMILES string of the molecule is C=CCOCc1cc([NH2+]C2=C(C=N)C[C@@]3(C)C(=C2)CC[C@@H]2C3[C@@H](O)C[C@@]3(C)C2CC[C@]3(OC(=O)c2ccco2)C(=O)S)ccc1F. The molecule has 4 N–H and O–H groups in total. The molecular formula is C36H42FN2O6S+. The van der Waals surface area contributed by atoms with Gasteiger partial charge in [-0.15, -0.1) is 19.2 Å². The number of hydrogen-bond acceptors (Lipinski definition) is 7. The largest absolute Gasteiger partial charge is 0.457 e. The number of halogens is 1. The number of carbonyl (C=O) groups is 2. The van der Waals surface area contributed by atoms with Gasteiger partial charge in [-0.05, 0) is 86.0 Å². The first kappa shape index (κ1) is 32.6. The van der Waals surface area contributed by atoms with Crippen LogP contribution in [0.5, 0.6) is 0 Å². The first-order valence-electron chi connectivity index (χ1n) is 15.9. The minimum atomic E-state index is -1.48. The lowest BCUT2D eigenvalue weighted by Crippen LogP contribution is -2.76. The Morgan fingerprint density at radius 1 is 1.28 bits per heavy atom. The number of carbonyl (C=O) groups excluding carboxylic acids is 2. The maximum atomic E-state index is 14.5. The number of rotatable bonds is 10. The van der Waals surface area contributed by atoms with Gasteiger partial charge in [-0.2, -0.15) is 0 Å². The van der Waals surface area contributed by atoms with Gasteiger partial charge < -0.3 is 24.4 Å². The summed E-state index contributed by atoms with van der Waals surface area (Å²) in [5, 5.41) is 21.8. The van der Waals surface area contributed by atoms with Gasteiger partial charge in [0.2, 0.25) is 10.9 Å². The summed E-state index contributed by atoms with van der Waals surface area (Å²) < 4.78 is 31.2. The van der Waals surface area contributed by atoms with Crippen molar-refractivity contribution >= 4 is 35.6 Å². The Kier molecular flexibility index (Phi) is 8.78. The van der Waals surface area contributed by atoms with Crippen molar-refractivity contribution in [1.29, 1.82) is 5.41 Å². The fourth-order valence-corrected chi connectivity index (χ4v) is 9.78. The second-order valence-corrected chi connectivity index (χ2v) is 14.2. The zero-order valence-electron chi connectivity index (χ0n) is 26.3. The highest BCUT2D eigenvalue weighted by molar-refractivity contribution is 7.96. The highest BCUT2D eigenvalue weighted by atomic mass is 32.1. The number of nitrogens with two attached hydrogens (primary N) is 1.